The minimum absolute atomic E-state index is 0.288. The molecular weight excluding hydrogens is 313 g/mol. The van der Waals surface area contributed by atoms with Gasteiger partial charge in [0.1, 0.15) is 0 Å². The number of amides is 1. The molecule has 1 saturated carbocycles. The fourth-order valence-electron chi connectivity index (χ4n) is 3.71. The predicted molar refractivity (Wildman–Crippen MR) is 74.7 cm³/mol. The second kappa shape index (κ2) is 5.23. The molecule has 1 saturated heterocycles. The van der Waals surface area contributed by atoms with Crippen molar-refractivity contribution >= 4 is 28.5 Å². The molecule has 0 aromatic rings. The van der Waals surface area contributed by atoms with Gasteiger partial charge in [0.15, 0.2) is 0 Å². The highest BCUT2D eigenvalue weighted by Gasteiger charge is 2.41. The van der Waals surface area contributed by atoms with Crippen LogP contribution in [0.15, 0.2) is 0 Å². The van der Waals surface area contributed by atoms with Crippen LogP contribution in [0.5, 0.6) is 0 Å². The molecule has 3 heteroatoms. The lowest BCUT2D eigenvalue weighted by atomic mass is 9.68. The Morgan fingerprint density at radius 3 is 2.81 bits per heavy atom. The Balaban J connectivity index is 2.15. The van der Waals surface area contributed by atoms with Gasteiger partial charge in [0.2, 0.25) is 5.91 Å². The highest BCUT2D eigenvalue weighted by atomic mass is 127. The summed E-state index contributed by atoms with van der Waals surface area (Å²) in [5, 5.41) is 0. The van der Waals surface area contributed by atoms with E-state index in [0.29, 0.717) is 6.04 Å². The van der Waals surface area contributed by atoms with E-state index in [0.717, 1.165) is 24.3 Å². The Morgan fingerprint density at radius 1 is 1.44 bits per heavy atom. The summed E-state index contributed by atoms with van der Waals surface area (Å²) in [5.74, 6) is 2.71. The largest absolute Gasteiger partial charge is 0.340 e. The zero-order chi connectivity index (χ0) is 11.7. The predicted octanol–water partition coefficient (Wildman–Crippen LogP) is 3.09. The fourth-order valence-corrected chi connectivity index (χ4v) is 4.72. The summed E-state index contributed by atoms with van der Waals surface area (Å²) in [5.41, 5.74) is 0. The van der Waals surface area contributed by atoms with Crippen LogP contribution in [0.25, 0.3) is 0 Å². The van der Waals surface area contributed by atoms with Gasteiger partial charge in [-0.1, -0.05) is 29.5 Å². The summed E-state index contributed by atoms with van der Waals surface area (Å²) in [6.45, 7) is 5.08. The van der Waals surface area contributed by atoms with Crippen molar-refractivity contribution in [1.82, 2.24) is 4.90 Å². The minimum Gasteiger partial charge on any atom is -0.340 e. The normalized spacial score (nSPS) is 39.3. The van der Waals surface area contributed by atoms with E-state index in [4.69, 9.17) is 0 Å². The quantitative estimate of drug-likeness (QED) is 0.533. The molecule has 0 bridgehead atoms. The maximum Gasteiger partial charge on any atom is 0.219 e. The summed E-state index contributed by atoms with van der Waals surface area (Å²) < 4.78 is 1.26. The SMILES string of the molecule is CC(=O)N1CCC[C@H]2[C@@H](CI)C[C@H](C)C[C@H]21. The summed E-state index contributed by atoms with van der Waals surface area (Å²) in [7, 11) is 0. The van der Waals surface area contributed by atoms with Gasteiger partial charge >= 0.3 is 0 Å². The first-order chi connectivity index (χ1) is 7.63. The van der Waals surface area contributed by atoms with E-state index < -0.39 is 0 Å². The second-order valence-corrected chi connectivity index (χ2v) is 6.46. The van der Waals surface area contributed by atoms with Gasteiger partial charge in [-0.2, -0.15) is 0 Å². The van der Waals surface area contributed by atoms with E-state index in [1.165, 1.54) is 30.1 Å². The van der Waals surface area contributed by atoms with Gasteiger partial charge in [-0.15, -0.1) is 0 Å². The molecule has 0 unspecified atom stereocenters. The van der Waals surface area contributed by atoms with Crippen LogP contribution in [0.2, 0.25) is 0 Å². The summed E-state index contributed by atoms with van der Waals surface area (Å²) in [6, 6.07) is 0.551. The molecular formula is C13H22INO. The average molecular weight is 335 g/mol. The van der Waals surface area contributed by atoms with Crippen LogP contribution in [0.1, 0.15) is 39.5 Å². The third-order valence-corrected chi connectivity index (χ3v) is 5.52. The van der Waals surface area contributed by atoms with Crippen LogP contribution >= 0.6 is 22.6 Å². The topological polar surface area (TPSA) is 20.3 Å². The van der Waals surface area contributed by atoms with Crippen molar-refractivity contribution < 1.29 is 4.79 Å². The van der Waals surface area contributed by atoms with Crippen molar-refractivity contribution in [3.8, 4) is 0 Å². The molecule has 1 heterocycles. The van der Waals surface area contributed by atoms with Crippen LogP contribution < -0.4 is 0 Å². The average Bonchev–Trinajstić information content (AvgIpc) is 2.26. The second-order valence-electron chi connectivity index (χ2n) is 5.58. The molecule has 1 amide bonds. The first kappa shape index (κ1) is 12.7. The number of fused-ring (bicyclic) bond motifs is 1. The van der Waals surface area contributed by atoms with Crippen LogP contribution in [-0.2, 0) is 4.79 Å². The molecule has 1 aliphatic carbocycles. The highest BCUT2D eigenvalue weighted by molar-refractivity contribution is 14.1. The Kier molecular flexibility index (Phi) is 4.14. The lowest BCUT2D eigenvalue weighted by molar-refractivity contribution is -0.136. The number of nitrogens with zero attached hydrogens (tertiary/aromatic N) is 1. The number of piperidine rings is 1. The van der Waals surface area contributed by atoms with E-state index >= 15 is 0 Å². The first-order valence-corrected chi connectivity index (χ1v) is 7.99. The van der Waals surface area contributed by atoms with Crippen molar-refractivity contribution in [2.45, 2.75) is 45.6 Å². The number of alkyl halides is 1. The van der Waals surface area contributed by atoms with Crippen LogP contribution in [0.3, 0.4) is 0 Å². The van der Waals surface area contributed by atoms with Gasteiger partial charge in [-0.05, 0) is 43.4 Å². The Hall–Kier alpha value is 0.200. The molecule has 92 valence electrons. The zero-order valence-electron chi connectivity index (χ0n) is 10.3. The summed E-state index contributed by atoms with van der Waals surface area (Å²) in [6.07, 6.45) is 5.16. The van der Waals surface area contributed by atoms with Crippen molar-refractivity contribution in [3.63, 3.8) is 0 Å². The number of hydrogen-bond acceptors (Lipinski definition) is 1. The fraction of sp³-hybridized carbons (Fsp3) is 0.923. The lowest BCUT2D eigenvalue weighted by Crippen LogP contribution is -2.53. The molecule has 0 N–H and O–H groups in total. The molecule has 16 heavy (non-hydrogen) atoms. The van der Waals surface area contributed by atoms with Crippen LogP contribution in [0, 0.1) is 17.8 Å². The maximum absolute atomic E-state index is 11.7. The van der Waals surface area contributed by atoms with Crippen LogP contribution in [0.4, 0.5) is 0 Å². The van der Waals surface area contributed by atoms with Gasteiger partial charge < -0.3 is 4.90 Å². The van der Waals surface area contributed by atoms with E-state index in [2.05, 4.69) is 34.4 Å². The van der Waals surface area contributed by atoms with Crippen LogP contribution in [-0.4, -0.2) is 27.8 Å². The molecule has 2 rings (SSSR count). The highest BCUT2D eigenvalue weighted by Crippen LogP contribution is 2.42. The van der Waals surface area contributed by atoms with E-state index in [1.54, 1.807) is 6.92 Å². The number of rotatable bonds is 1. The standard InChI is InChI=1S/C13H22INO/c1-9-6-11(8-14)12-4-3-5-15(10(2)16)13(12)7-9/h9,11-13H,3-8H2,1-2H3/t9-,11+,12-,13+/m0/s1. The number of likely N-dealkylation sites (tertiary alicyclic amines) is 1. The molecule has 1 aliphatic heterocycles. The molecule has 0 radical (unpaired) electrons. The Morgan fingerprint density at radius 2 is 2.19 bits per heavy atom. The van der Waals surface area contributed by atoms with Crippen molar-refractivity contribution in [2.75, 3.05) is 11.0 Å². The number of hydrogen-bond donors (Lipinski definition) is 0. The third kappa shape index (κ3) is 2.39. The van der Waals surface area contributed by atoms with Crippen molar-refractivity contribution in [2.24, 2.45) is 17.8 Å². The molecule has 0 spiro atoms. The Labute approximate surface area is 112 Å². The van der Waals surface area contributed by atoms with E-state index in [1.807, 2.05) is 0 Å². The van der Waals surface area contributed by atoms with Gasteiger partial charge in [0, 0.05) is 23.9 Å². The maximum atomic E-state index is 11.7. The smallest absolute Gasteiger partial charge is 0.219 e. The van der Waals surface area contributed by atoms with Gasteiger partial charge in [0.05, 0.1) is 0 Å². The minimum atomic E-state index is 0.288. The molecule has 2 fully saturated rings. The number of carbonyl (C=O) groups excluding carboxylic acids is 1. The van der Waals surface area contributed by atoms with E-state index in [9.17, 15) is 4.79 Å². The van der Waals surface area contributed by atoms with Crippen molar-refractivity contribution in [3.05, 3.63) is 0 Å². The molecule has 0 aromatic heterocycles. The first-order valence-electron chi connectivity index (χ1n) is 6.46. The lowest BCUT2D eigenvalue weighted by Gasteiger charge is -2.49. The third-order valence-electron chi connectivity index (χ3n) is 4.39. The molecule has 2 aliphatic rings. The van der Waals surface area contributed by atoms with Gasteiger partial charge in [0.25, 0.3) is 0 Å². The monoisotopic (exact) mass is 335 g/mol. The van der Waals surface area contributed by atoms with Gasteiger partial charge in [-0.25, -0.2) is 0 Å². The summed E-state index contributed by atoms with van der Waals surface area (Å²) >= 11 is 2.53. The molecule has 2 nitrogen and oxygen atoms in total. The number of halogens is 1. The summed E-state index contributed by atoms with van der Waals surface area (Å²) in [4.78, 5) is 13.8. The van der Waals surface area contributed by atoms with Crippen molar-refractivity contribution in [1.29, 1.82) is 0 Å². The molecule has 4 atom stereocenters. The van der Waals surface area contributed by atoms with E-state index in [-0.39, 0.29) is 5.91 Å². The molecule has 0 aromatic carbocycles. The zero-order valence-corrected chi connectivity index (χ0v) is 12.4. The van der Waals surface area contributed by atoms with Gasteiger partial charge in [-0.3, -0.25) is 4.79 Å². The Bertz CT molecular complexity index is 269. The number of carbonyl (C=O) groups is 1.